The van der Waals surface area contributed by atoms with Crippen molar-refractivity contribution in [3.63, 3.8) is 0 Å². The summed E-state index contributed by atoms with van der Waals surface area (Å²) in [6, 6.07) is 12.5. The Morgan fingerprint density at radius 3 is 2.37 bits per heavy atom. The van der Waals surface area contributed by atoms with E-state index in [0.717, 1.165) is 5.69 Å². The molecule has 0 fully saturated rings. The number of anilines is 3. The van der Waals surface area contributed by atoms with Gasteiger partial charge in [0.05, 0.1) is 16.4 Å². The Labute approximate surface area is 126 Å². The van der Waals surface area contributed by atoms with Crippen LogP contribution in [0.25, 0.3) is 0 Å². The first-order chi connectivity index (χ1) is 9.06. The number of rotatable bonds is 2. The number of para-hydroxylation sites is 1. The van der Waals surface area contributed by atoms with Gasteiger partial charge in [-0.15, -0.1) is 0 Å². The number of benzene rings is 2. The highest BCUT2D eigenvalue weighted by Gasteiger charge is 2.05. The van der Waals surface area contributed by atoms with E-state index >= 15 is 0 Å². The third-order valence-electron chi connectivity index (χ3n) is 2.40. The van der Waals surface area contributed by atoms with Gasteiger partial charge in [0.2, 0.25) is 0 Å². The molecular formula is C13H11Cl2N3S. The predicted molar refractivity (Wildman–Crippen MR) is 87.2 cm³/mol. The van der Waals surface area contributed by atoms with Gasteiger partial charge in [-0.1, -0.05) is 29.3 Å². The molecule has 4 N–H and O–H groups in total. The van der Waals surface area contributed by atoms with Gasteiger partial charge < -0.3 is 16.4 Å². The highest BCUT2D eigenvalue weighted by molar-refractivity contribution is 7.80. The van der Waals surface area contributed by atoms with Crippen molar-refractivity contribution < 1.29 is 0 Å². The Hall–Kier alpha value is -1.49. The van der Waals surface area contributed by atoms with Gasteiger partial charge in [0.1, 0.15) is 0 Å². The molecule has 0 aliphatic rings. The number of thiocarbonyl (C=S) groups is 1. The van der Waals surface area contributed by atoms with Crippen LogP contribution in [0.3, 0.4) is 0 Å². The van der Waals surface area contributed by atoms with Crippen LogP contribution < -0.4 is 16.4 Å². The lowest BCUT2D eigenvalue weighted by molar-refractivity contribution is 1.59. The molecule has 19 heavy (non-hydrogen) atoms. The minimum Gasteiger partial charge on any atom is -0.396 e. The molecule has 0 aliphatic carbocycles. The lowest BCUT2D eigenvalue weighted by atomic mass is 10.2. The van der Waals surface area contributed by atoms with Crippen LogP contribution in [0.5, 0.6) is 0 Å². The summed E-state index contributed by atoms with van der Waals surface area (Å²) in [5, 5.41) is 7.60. The molecule has 0 heterocycles. The van der Waals surface area contributed by atoms with E-state index < -0.39 is 0 Å². The Morgan fingerprint density at radius 2 is 1.68 bits per heavy atom. The first-order valence-corrected chi connectivity index (χ1v) is 6.60. The Morgan fingerprint density at radius 1 is 1.00 bits per heavy atom. The second kappa shape index (κ2) is 6.10. The second-order valence-electron chi connectivity index (χ2n) is 3.79. The summed E-state index contributed by atoms with van der Waals surface area (Å²) in [4.78, 5) is 0. The summed E-state index contributed by atoms with van der Waals surface area (Å²) in [7, 11) is 0. The van der Waals surface area contributed by atoms with E-state index in [2.05, 4.69) is 10.6 Å². The van der Waals surface area contributed by atoms with Crippen molar-refractivity contribution in [2.45, 2.75) is 0 Å². The summed E-state index contributed by atoms with van der Waals surface area (Å²) in [6.45, 7) is 0. The molecule has 0 saturated heterocycles. The maximum Gasteiger partial charge on any atom is 0.175 e. The minimum absolute atomic E-state index is 0.427. The topological polar surface area (TPSA) is 50.1 Å². The largest absolute Gasteiger partial charge is 0.396 e. The predicted octanol–water partition coefficient (Wildman–Crippen LogP) is 4.38. The average molecular weight is 312 g/mol. The molecule has 6 heteroatoms. The first kappa shape index (κ1) is 13.9. The van der Waals surface area contributed by atoms with Crippen LogP contribution in [0.4, 0.5) is 17.1 Å². The van der Waals surface area contributed by atoms with E-state index in [4.69, 9.17) is 41.2 Å². The van der Waals surface area contributed by atoms with Gasteiger partial charge in [-0.05, 0) is 48.6 Å². The van der Waals surface area contributed by atoms with Crippen molar-refractivity contribution >= 4 is 57.6 Å². The quantitative estimate of drug-likeness (QED) is 0.569. The van der Waals surface area contributed by atoms with Crippen molar-refractivity contribution in [2.75, 3.05) is 16.4 Å². The maximum absolute atomic E-state index is 5.93. The van der Waals surface area contributed by atoms with E-state index in [0.29, 0.717) is 26.5 Å². The summed E-state index contributed by atoms with van der Waals surface area (Å²) in [5.41, 5.74) is 7.81. The molecule has 0 radical (unpaired) electrons. The molecule has 3 nitrogen and oxygen atoms in total. The normalized spacial score (nSPS) is 10.0. The average Bonchev–Trinajstić information content (AvgIpc) is 2.38. The zero-order valence-corrected chi connectivity index (χ0v) is 12.1. The molecule has 0 bridgehead atoms. The molecule has 2 aromatic carbocycles. The van der Waals surface area contributed by atoms with Crippen LogP contribution in [-0.4, -0.2) is 5.11 Å². The molecule has 0 atom stereocenters. The summed E-state index contributed by atoms with van der Waals surface area (Å²) >= 11 is 16.9. The van der Waals surface area contributed by atoms with E-state index in [1.54, 1.807) is 30.3 Å². The van der Waals surface area contributed by atoms with Crippen molar-refractivity contribution in [1.29, 1.82) is 0 Å². The van der Waals surface area contributed by atoms with E-state index in [1.807, 2.05) is 12.1 Å². The molecule has 0 aliphatic heterocycles. The van der Waals surface area contributed by atoms with Gasteiger partial charge in [0.25, 0.3) is 0 Å². The van der Waals surface area contributed by atoms with Crippen LogP contribution in [-0.2, 0) is 0 Å². The number of nitrogens with two attached hydrogens (primary N) is 1. The van der Waals surface area contributed by atoms with Gasteiger partial charge in [0.15, 0.2) is 5.11 Å². The monoisotopic (exact) mass is 311 g/mol. The maximum atomic E-state index is 5.93. The van der Waals surface area contributed by atoms with Crippen LogP contribution in [0.2, 0.25) is 10.0 Å². The Kier molecular flexibility index (Phi) is 4.47. The van der Waals surface area contributed by atoms with E-state index in [9.17, 15) is 0 Å². The summed E-state index contributed by atoms with van der Waals surface area (Å²) in [5.74, 6) is 0. The van der Waals surface area contributed by atoms with Crippen molar-refractivity contribution in [3.8, 4) is 0 Å². The standard InChI is InChI=1S/C13H11Cl2N3S/c14-8-4-6-9(7-5-8)17-13(19)18-11-3-1-2-10(15)12(11)16/h1-7H,16H2,(H2,17,18,19). The number of nitrogens with one attached hydrogen (secondary N) is 2. The molecule has 2 aromatic rings. The van der Waals surface area contributed by atoms with Gasteiger partial charge in [0, 0.05) is 10.7 Å². The van der Waals surface area contributed by atoms with Crippen LogP contribution >= 0.6 is 35.4 Å². The fraction of sp³-hybridized carbons (Fsp3) is 0. The molecule has 0 spiro atoms. The molecule has 0 unspecified atom stereocenters. The van der Waals surface area contributed by atoms with Gasteiger partial charge in [-0.2, -0.15) is 0 Å². The highest BCUT2D eigenvalue weighted by Crippen LogP contribution is 2.26. The van der Waals surface area contributed by atoms with Crippen LogP contribution in [0.15, 0.2) is 42.5 Å². The van der Waals surface area contributed by atoms with Gasteiger partial charge >= 0.3 is 0 Å². The zero-order valence-electron chi connectivity index (χ0n) is 9.78. The van der Waals surface area contributed by atoms with Crippen molar-refractivity contribution in [2.24, 2.45) is 0 Å². The number of hydrogen-bond donors (Lipinski definition) is 3. The number of halogens is 2. The zero-order chi connectivity index (χ0) is 13.8. The Bertz CT molecular complexity index is 599. The second-order valence-corrected chi connectivity index (χ2v) is 5.04. The number of hydrogen-bond acceptors (Lipinski definition) is 2. The van der Waals surface area contributed by atoms with Crippen molar-refractivity contribution in [1.82, 2.24) is 0 Å². The van der Waals surface area contributed by atoms with Gasteiger partial charge in [-0.3, -0.25) is 0 Å². The first-order valence-electron chi connectivity index (χ1n) is 5.44. The molecule has 0 saturated carbocycles. The fourth-order valence-corrected chi connectivity index (χ4v) is 1.99. The fourth-order valence-electron chi connectivity index (χ4n) is 1.46. The smallest absolute Gasteiger partial charge is 0.175 e. The molecule has 0 aromatic heterocycles. The summed E-state index contributed by atoms with van der Waals surface area (Å²) < 4.78 is 0. The molecule has 2 rings (SSSR count). The van der Waals surface area contributed by atoms with E-state index in [-0.39, 0.29) is 0 Å². The van der Waals surface area contributed by atoms with Crippen LogP contribution in [0, 0.1) is 0 Å². The number of nitrogen functional groups attached to an aromatic ring is 1. The van der Waals surface area contributed by atoms with E-state index in [1.165, 1.54) is 0 Å². The minimum atomic E-state index is 0.427. The third kappa shape index (κ3) is 3.73. The SMILES string of the molecule is Nc1c(Cl)cccc1NC(=S)Nc1ccc(Cl)cc1. The lowest BCUT2D eigenvalue weighted by Gasteiger charge is -2.13. The third-order valence-corrected chi connectivity index (χ3v) is 3.19. The highest BCUT2D eigenvalue weighted by atomic mass is 35.5. The molecular weight excluding hydrogens is 301 g/mol. The van der Waals surface area contributed by atoms with Crippen molar-refractivity contribution in [3.05, 3.63) is 52.5 Å². The van der Waals surface area contributed by atoms with Gasteiger partial charge in [-0.25, -0.2) is 0 Å². The summed E-state index contributed by atoms with van der Waals surface area (Å²) in [6.07, 6.45) is 0. The van der Waals surface area contributed by atoms with Crippen LogP contribution in [0.1, 0.15) is 0 Å². The molecule has 98 valence electrons. The Balaban J connectivity index is 2.05. The molecule has 0 amide bonds. The lowest BCUT2D eigenvalue weighted by Crippen LogP contribution is -2.19.